The molecule has 1 unspecified atom stereocenters. The maximum absolute atomic E-state index is 11.0. The van der Waals surface area contributed by atoms with E-state index in [2.05, 4.69) is 4.74 Å². The van der Waals surface area contributed by atoms with E-state index in [0.29, 0.717) is 13.0 Å². The number of primary amides is 1. The van der Waals surface area contributed by atoms with Gasteiger partial charge in [-0.05, 0) is 0 Å². The average molecular weight is 158 g/mol. The molecule has 0 aromatic heterocycles. The molecule has 11 heavy (non-hydrogen) atoms. The minimum atomic E-state index is -0.890. The average Bonchev–Trinajstić information content (AvgIpc) is 2.18. The van der Waals surface area contributed by atoms with Gasteiger partial charge in [-0.15, -0.1) is 0 Å². The van der Waals surface area contributed by atoms with E-state index < -0.39 is 12.2 Å². The van der Waals surface area contributed by atoms with Crippen LogP contribution in [0.25, 0.3) is 0 Å². The van der Waals surface area contributed by atoms with Gasteiger partial charge in [0, 0.05) is 20.0 Å². The zero-order chi connectivity index (χ0) is 8.43. The molecule has 5 nitrogen and oxygen atoms in total. The number of nitrogens with two attached hydrogens (primary N) is 1. The lowest BCUT2D eigenvalue weighted by Gasteiger charge is -2.08. The topological polar surface area (TPSA) is 72.6 Å². The van der Waals surface area contributed by atoms with Crippen LogP contribution in [0, 0.1) is 0 Å². The SMILES string of the molecule is CN1CCC(OC(N)=O)C1=O. The third kappa shape index (κ3) is 1.60. The summed E-state index contributed by atoms with van der Waals surface area (Å²) < 4.78 is 4.54. The van der Waals surface area contributed by atoms with E-state index in [1.807, 2.05) is 0 Å². The Balaban J connectivity index is 2.49. The van der Waals surface area contributed by atoms with Crippen LogP contribution in [0.1, 0.15) is 6.42 Å². The van der Waals surface area contributed by atoms with Crippen LogP contribution in [0.4, 0.5) is 4.79 Å². The van der Waals surface area contributed by atoms with Gasteiger partial charge in [-0.25, -0.2) is 4.79 Å². The van der Waals surface area contributed by atoms with E-state index in [1.165, 1.54) is 4.90 Å². The molecule has 0 bridgehead atoms. The Labute approximate surface area is 64.1 Å². The molecule has 1 atom stereocenters. The fraction of sp³-hybridized carbons (Fsp3) is 0.667. The maximum atomic E-state index is 11.0. The predicted octanol–water partition coefficient (Wildman–Crippen LogP) is -0.688. The lowest BCUT2D eigenvalue weighted by molar-refractivity contribution is -0.133. The number of likely N-dealkylation sites (tertiary alicyclic amines) is 1. The Kier molecular flexibility index (Phi) is 1.98. The quantitative estimate of drug-likeness (QED) is 0.549. The van der Waals surface area contributed by atoms with E-state index in [-0.39, 0.29) is 5.91 Å². The molecule has 0 aromatic rings. The van der Waals surface area contributed by atoms with Crippen LogP contribution in [0.15, 0.2) is 0 Å². The molecule has 1 rings (SSSR count). The zero-order valence-corrected chi connectivity index (χ0v) is 6.24. The Morgan fingerprint density at radius 2 is 2.45 bits per heavy atom. The van der Waals surface area contributed by atoms with Gasteiger partial charge in [0.05, 0.1) is 0 Å². The summed E-state index contributed by atoms with van der Waals surface area (Å²) in [5, 5.41) is 0. The second kappa shape index (κ2) is 2.77. The molecule has 5 heteroatoms. The summed E-state index contributed by atoms with van der Waals surface area (Å²) in [5.41, 5.74) is 4.75. The molecule has 2 amide bonds. The monoisotopic (exact) mass is 158 g/mol. The highest BCUT2D eigenvalue weighted by Gasteiger charge is 2.31. The van der Waals surface area contributed by atoms with E-state index in [9.17, 15) is 9.59 Å². The van der Waals surface area contributed by atoms with Crippen LogP contribution in [0.5, 0.6) is 0 Å². The molecular formula is C6H10N2O3. The minimum absolute atomic E-state index is 0.177. The first-order valence-electron chi connectivity index (χ1n) is 3.32. The van der Waals surface area contributed by atoms with Gasteiger partial charge in [0.1, 0.15) is 0 Å². The summed E-state index contributed by atoms with van der Waals surface area (Å²) in [6, 6.07) is 0. The standard InChI is InChI=1S/C6H10N2O3/c1-8-3-2-4(5(8)9)11-6(7)10/h4H,2-3H2,1H3,(H2,7,10). The van der Waals surface area contributed by atoms with Gasteiger partial charge in [-0.2, -0.15) is 0 Å². The number of rotatable bonds is 1. The maximum Gasteiger partial charge on any atom is 0.405 e. The van der Waals surface area contributed by atoms with Crippen molar-refractivity contribution in [2.75, 3.05) is 13.6 Å². The molecule has 0 spiro atoms. The number of likely N-dealkylation sites (N-methyl/N-ethyl adjacent to an activating group) is 1. The first-order valence-corrected chi connectivity index (χ1v) is 3.32. The van der Waals surface area contributed by atoms with Crippen LogP contribution in [-0.2, 0) is 9.53 Å². The molecule has 1 aliphatic rings. The fourth-order valence-corrected chi connectivity index (χ4v) is 1.04. The van der Waals surface area contributed by atoms with Crippen molar-refractivity contribution in [3.05, 3.63) is 0 Å². The van der Waals surface area contributed by atoms with Gasteiger partial charge in [0.2, 0.25) is 0 Å². The third-order valence-corrected chi connectivity index (χ3v) is 1.64. The number of ether oxygens (including phenoxy) is 1. The largest absolute Gasteiger partial charge is 0.436 e. The number of carbonyl (C=O) groups excluding carboxylic acids is 2. The molecule has 1 heterocycles. The van der Waals surface area contributed by atoms with E-state index in [4.69, 9.17) is 5.73 Å². The molecular weight excluding hydrogens is 148 g/mol. The van der Waals surface area contributed by atoms with E-state index >= 15 is 0 Å². The highest BCUT2D eigenvalue weighted by atomic mass is 16.6. The highest BCUT2D eigenvalue weighted by Crippen LogP contribution is 2.11. The molecule has 62 valence electrons. The second-order valence-corrected chi connectivity index (χ2v) is 2.47. The summed E-state index contributed by atoms with van der Waals surface area (Å²) >= 11 is 0. The molecule has 0 radical (unpaired) electrons. The van der Waals surface area contributed by atoms with Crippen molar-refractivity contribution in [1.29, 1.82) is 0 Å². The summed E-state index contributed by atoms with van der Waals surface area (Å²) in [6.07, 6.45) is -1.01. The molecule has 0 saturated carbocycles. The van der Waals surface area contributed by atoms with E-state index in [1.54, 1.807) is 7.05 Å². The Bertz CT molecular complexity index is 192. The highest BCUT2D eigenvalue weighted by molar-refractivity contribution is 5.84. The summed E-state index contributed by atoms with van der Waals surface area (Å²) in [6.45, 7) is 0.622. The van der Waals surface area contributed by atoms with Crippen molar-refractivity contribution in [2.24, 2.45) is 5.73 Å². The molecule has 2 N–H and O–H groups in total. The van der Waals surface area contributed by atoms with Crippen molar-refractivity contribution in [3.63, 3.8) is 0 Å². The van der Waals surface area contributed by atoms with Crippen LogP contribution < -0.4 is 5.73 Å². The molecule has 0 aliphatic carbocycles. The van der Waals surface area contributed by atoms with Crippen LogP contribution in [0.2, 0.25) is 0 Å². The predicted molar refractivity (Wildman–Crippen MR) is 36.7 cm³/mol. The van der Waals surface area contributed by atoms with Crippen molar-refractivity contribution >= 4 is 12.0 Å². The lowest BCUT2D eigenvalue weighted by atomic mass is 10.3. The second-order valence-electron chi connectivity index (χ2n) is 2.47. The number of hydrogen-bond donors (Lipinski definition) is 1. The van der Waals surface area contributed by atoms with Crippen molar-refractivity contribution in [1.82, 2.24) is 4.90 Å². The Morgan fingerprint density at radius 3 is 2.82 bits per heavy atom. The third-order valence-electron chi connectivity index (χ3n) is 1.64. The number of nitrogens with zero attached hydrogens (tertiary/aromatic N) is 1. The summed E-state index contributed by atoms with van der Waals surface area (Å²) in [4.78, 5) is 22.8. The van der Waals surface area contributed by atoms with Gasteiger partial charge in [0.25, 0.3) is 5.91 Å². The Morgan fingerprint density at radius 1 is 1.82 bits per heavy atom. The van der Waals surface area contributed by atoms with Gasteiger partial charge < -0.3 is 15.4 Å². The zero-order valence-electron chi connectivity index (χ0n) is 6.24. The van der Waals surface area contributed by atoms with Gasteiger partial charge in [-0.1, -0.05) is 0 Å². The van der Waals surface area contributed by atoms with Crippen molar-refractivity contribution in [3.8, 4) is 0 Å². The van der Waals surface area contributed by atoms with Crippen molar-refractivity contribution in [2.45, 2.75) is 12.5 Å². The van der Waals surface area contributed by atoms with Crippen molar-refractivity contribution < 1.29 is 14.3 Å². The first kappa shape index (κ1) is 7.84. The fourth-order valence-electron chi connectivity index (χ4n) is 1.04. The number of carbonyl (C=O) groups is 2. The van der Waals surface area contributed by atoms with Crippen LogP contribution >= 0.6 is 0 Å². The minimum Gasteiger partial charge on any atom is -0.436 e. The van der Waals surface area contributed by atoms with Gasteiger partial charge in [-0.3, -0.25) is 4.79 Å². The first-order chi connectivity index (χ1) is 5.11. The van der Waals surface area contributed by atoms with Crippen LogP contribution in [0.3, 0.4) is 0 Å². The molecule has 1 saturated heterocycles. The normalized spacial score (nSPS) is 23.9. The van der Waals surface area contributed by atoms with Gasteiger partial charge in [0.15, 0.2) is 6.10 Å². The van der Waals surface area contributed by atoms with Gasteiger partial charge >= 0.3 is 6.09 Å². The lowest BCUT2D eigenvalue weighted by Crippen LogP contribution is -2.31. The van der Waals surface area contributed by atoms with E-state index in [0.717, 1.165) is 0 Å². The molecule has 1 fully saturated rings. The molecule has 1 aliphatic heterocycles. The number of hydrogen-bond acceptors (Lipinski definition) is 3. The van der Waals surface area contributed by atoms with Crippen LogP contribution in [-0.4, -0.2) is 36.6 Å². The summed E-state index contributed by atoms with van der Waals surface area (Å²) in [5.74, 6) is -0.177. The number of amides is 2. The summed E-state index contributed by atoms with van der Waals surface area (Å²) in [7, 11) is 1.66. The smallest absolute Gasteiger partial charge is 0.405 e. The molecule has 0 aromatic carbocycles. The Hall–Kier alpha value is -1.26.